The minimum absolute atomic E-state index is 0.00908. The van der Waals surface area contributed by atoms with E-state index >= 15 is 0 Å². The van der Waals surface area contributed by atoms with Gasteiger partial charge in [0, 0.05) is 0 Å². The number of amides is 4. The van der Waals surface area contributed by atoms with Crippen molar-refractivity contribution in [2.75, 3.05) is 6.61 Å². The van der Waals surface area contributed by atoms with Crippen LogP contribution in [0.15, 0.2) is 24.3 Å². The number of ether oxygens (including phenoxy) is 2. The Kier molecular flexibility index (Phi) is 3.97. The second-order valence-electron chi connectivity index (χ2n) is 7.18. The molecule has 1 unspecified atom stereocenters. The number of hydrazine groups is 1. The predicted octanol–water partition coefficient (Wildman–Crippen LogP) is 1.36. The summed E-state index contributed by atoms with van der Waals surface area (Å²) in [6.07, 6.45) is 1.96. The van der Waals surface area contributed by atoms with Gasteiger partial charge in [0.1, 0.15) is 12.1 Å². The Morgan fingerprint density at radius 3 is 2.65 bits per heavy atom. The largest absolute Gasteiger partial charge is 0.485 e. The molecule has 4 amide bonds. The fourth-order valence-electron chi connectivity index (χ4n) is 3.65. The number of carbonyl (C=O) groups is 3. The summed E-state index contributed by atoms with van der Waals surface area (Å²) < 4.78 is 11.1. The molecule has 2 N–H and O–H groups in total. The van der Waals surface area contributed by atoms with Gasteiger partial charge in [0.15, 0.2) is 11.5 Å². The Balaban J connectivity index is 1.43. The molecule has 2 aliphatic heterocycles. The second kappa shape index (κ2) is 6.19. The molecule has 1 saturated carbocycles. The summed E-state index contributed by atoms with van der Waals surface area (Å²) in [7, 11) is 0. The lowest BCUT2D eigenvalue weighted by atomic mass is 9.77. The highest BCUT2D eigenvalue weighted by molar-refractivity contribution is 6.08. The van der Waals surface area contributed by atoms with Gasteiger partial charge in [0.2, 0.25) is 6.10 Å². The number of para-hydroxylation sites is 2. The fourth-order valence-corrected chi connectivity index (χ4v) is 3.65. The normalized spacial score (nSPS) is 30.3. The van der Waals surface area contributed by atoms with Gasteiger partial charge in [-0.2, -0.15) is 5.01 Å². The molecule has 8 heteroatoms. The SMILES string of the molecule is CC1CCC2(CC1)NC(=O)N(NC(=O)C1COc3ccccc3O1)C2=O. The van der Waals surface area contributed by atoms with Crippen LogP contribution in [0.3, 0.4) is 0 Å². The highest BCUT2D eigenvalue weighted by Crippen LogP contribution is 2.36. The quantitative estimate of drug-likeness (QED) is 0.777. The molecule has 0 bridgehead atoms. The van der Waals surface area contributed by atoms with Crippen LogP contribution in [0, 0.1) is 5.92 Å². The Hall–Kier alpha value is -2.77. The van der Waals surface area contributed by atoms with Crippen molar-refractivity contribution in [3.05, 3.63) is 24.3 Å². The number of hydrogen-bond acceptors (Lipinski definition) is 5. The molecule has 138 valence electrons. The first kappa shape index (κ1) is 16.7. The van der Waals surface area contributed by atoms with Crippen molar-refractivity contribution < 1.29 is 23.9 Å². The minimum atomic E-state index is -0.937. The molecule has 1 atom stereocenters. The molecule has 4 rings (SSSR count). The summed E-state index contributed by atoms with van der Waals surface area (Å²) in [4.78, 5) is 37.5. The summed E-state index contributed by atoms with van der Waals surface area (Å²) in [5, 5.41) is 3.54. The first-order chi connectivity index (χ1) is 12.5. The summed E-state index contributed by atoms with van der Waals surface area (Å²) >= 11 is 0. The van der Waals surface area contributed by atoms with Crippen LogP contribution in [-0.4, -0.2) is 41.1 Å². The van der Waals surface area contributed by atoms with E-state index in [1.54, 1.807) is 24.3 Å². The van der Waals surface area contributed by atoms with E-state index in [-0.39, 0.29) is 6.61 Å². The van der Waals surface area contributed by atoms with Gasteiger partial charge in [0.05, 0.1) is 0 Å². The van der Waals surface area contributed by atoms with Crippen LogP contribution in [0.4, 0.5) is 4.79 Å². The molecule has 26 heavy (non-hydrogen) atoms. The fraction of sp³-hybridized carbons (Fsp3) is 0.500. The molecule has 2 heterocycles. The maximum Gasteiger partial charge on any atom is 0.344 e. The van der Waals surface area contributed by atoms with E-state index in [1.165, 1.54) is 0 Å². The molecule has 3 aliphatic rings. The molecule has 2 fully saturated rings. The van der Waals surface area contributed by atoms with E-state index in [1.807, 2.05) is 0 Å². The molecular formula is C18H21N3O5. The van der Waals surface area contributed by atoms with Crippen LogP contribution in [0.2, 0.25) is 0 Å². The number of rotatable bonds is 2. The molecule has 1 saturated heterocycles. The Labute approximate surface area is 150 Å². The van der Waals surface area contributed by atoms with Crippen LogP contribution in [0.25, 0.3) is 0 Å². The summed E-state index contributed by atoms with van der Waals surface area (Å²) in [6, 6.07) is 6.42. The third-order valence-electron chi connectivity index (χ3n) is 5.31. The predicted molar refractivity (Wildman–Crippen MR) is 90.2 cm³/mol. The van der Waals surface area contributed by atoms with E-state index in [2.05, 4.69) is 17.7 Å². The van der Waals surface area contributed by atoms with E-state index in [9.17, 15) is 14.4 Å². The zero-order valence-electron chi connectivity index (χ0n) is 14.5. The van der Waals surface area contributed by atoms with Crippen LogP contribution >= 0.6 is 0 Å². The smallest absolute Gasteiger partial charge is 0.344 e. The average Bonchev–Trinajstić information content (AvgIpc) is 2.88. The van der Waals surface area contributed by atoms with Crippen LogP contribution < -0.4 is 20.2 Å². The van der Waals surface area contributed by atoms with E-state index in [0.29, 0.717) is 30.3 Å². The third kappa shape index (κ3) is 2.75. The average molecular weight is 359 g/mol. The molecule has 1 aromatic carbocycles. The van der Waals surface area contributed by atoms with E-state index < -0.39 is 29.5 Å². The standard InChI is InChI=1S/C18H21N3O5/c1-11-6-8-18(9-7-11)16(23)21(17(24)19-18)20-15(22)14-10-25-12-4-2-3-5-13(12)26-14/h2-5,11,14H,6-10H2,1H3,(H,19,24)(H,20,22). The van der Waals surface area contributed by atoms with Crippen molar-refractivity contribution in [2.24, 2.45) is 5.92 Å². The van der Waals surface area contributed by atoms with Crippen molar-refractivity contribution in [3.8, 4) is 11.5 Å². The number of urea groups is 1. The van der Waals surface area contributed by atoms with Crippen LogP contribution in [0.1, 0.15) is 32.6 Å². The summed E-state index contributed by atoms with van der Waals surface area (Å²) in [5.74, 6) is 0.543. The van der Waals surface area contributed by atoms with Crippen molar-refractivity contribution >= 4 is 17.8 Å². The molecule has 0 aromatic heterocycles. The van der Waals surface area contributed by atoms with Crippen molar-refractivity contribution in [2.45, 2.75) is 44.2 Å². The van der Waals surface area contributed by atoms with Gasteiger partial charge in [-0.3, -0.25) is 15.0 Å². The lowest BCUT2D eigenvalue weighted by Crippen LogP contribution is -2.55. The van der Waals surface area contributed by atoms with Crippen LogP contribution in [0.5, 0.6) is 11.5 Å². The van der Waals surface area contributed by atoms with Gasteiger partial charge in [0.25, 0.3) is 11.8 Å². The van der Waals surface area contributed by atoms with Gasteiger partial charge in [-0.25, -0.2) is 4.79 Å². The Morgan fingerprint density at radius 1 is 1.23 bits per heavy atom. The zero-order chi connectivity index (χ0) is 18.3. The molecule has 1 spiro atoms. The molecule has 8 nitrogen and oxygen atoms in total. The minimum Gasteiger partial charge on any atom is -0.485 e. The zero-order valence-corrected chi connectivity index (χ0v) is 14.5. The Morgan fingerprint density at radius 2 is 1.92 bits per heavy atom. The highest BCUT2D eigenvalue weighted by atomic mass is 16.6. The molecule has 1 aromatic rings. The van der Waals surface area contributed by atoms with Gasteiger partial charge < -0.3 is 14.8 Å². The van der Waals surface area contributed by atoms with E-state index in [0.717, 1.165) is 17.9 Å². The topological polar surface area (TPSA) is 97.0 Å². The molecule has 0 radical (unpaired) electrons. The number of hydrogen-bond donors (Lipinski definition) is 2. The lowest BCUT2D eigenvalue weighted by Gasteiger charge is -2.33. The second-order valence-corrected chi connectivity index (χ2v) is 7.18. The van der Waals surface area contributed by atoms with Gasteiger partial charge >= 0.3 is 6.03 Å². The van der Waals surface area contributed by atoms with Crippen LogP contribution in [-0.2, 0) is 9.59 Å². The number of carbonyl (C=O) groups excluding carboxylic acids is 3. The number of nitrogens with zero attached hydrogens (tertiary/aromatic N) is 1. The maximum atomic E-state index is 12.8. The number of benzene rings is 1. The first-order valence-corrected chi connectivity index (χ1v) is 8.84. The number of imide groups is 1. The summed E-state index contributed by atoms with van der Waals surface area (Å²) in [6.45, 7) is 2.14. The van der Waals surface area contributed by atoms with E-state index in [4.69, 9.17) is 9.47 Å². The monoisotopic (exact) mass is 359 g/mol. The Bertz CT molecular complexity index is 757. The van der Waals surface area contributed by atoms with Gasteiger partial charge in [-0.15, -0.1) is 0 Å². The van der Waals surface area contributed by atoms with Gasteiger partial charge in [-0.05, 0) is 43.7 Å². The maximum absolute atomic E-state index is 12.8. The number of nitrogens with one attached hydrogen (secondary N) is 2. The van der Waals surface area contributed by atoms with Gasteiger partial charge in [-0.1, -0.05) is 19.1 Å². The lowest BCUT2D eigenvalue weighted by molar-refractivity contribution is -0.143. The summed E-state index contributed by atoms with van der Waals surface area (Å²) in [5.41, 5.74) is 1.49. The third-order valence-corrected chi connectivity index (χ3v) is 5.31. The number of fused-ring (bicyclic) bond motifs is 1. The van der Waals surface area contributed by atoms with Crippen molar-refractivity contribution in [3.63, 3.8) is 0 Å². The highest BCUT2D eigenvalue weighted by Gasteiger charge is 2.53. The van der Waals surface area contributed by atoms with Crippen molar-refractivity contribution in [1.82, 2.24) is 15.8 Å². The molecule has 1 aliphatic carbocycles. The first-order valence-electron chi connectivity index (χ1n) is 8.84. The van der Waals surface area contributed by atoms with Crippen molar-refractivity contribution in [1.29, 1.82) is 0 Å². The molecular weight excluding hydrogens is 338 g/mol.